The van der Waals surface area contributed by atoms with Gasteiger partial charge in [0.2, 0.25) is 0 Å². The van der Waals surface area contributed by atoms with E-state index in [9.17, 15) is 9.59 Å². The zero-order valence-electron chi connectivity index (χ0n) is 16.2. The fourth-order valence-corrected chi connectivity index (χ4v) is 3.20. The Bertz CT molecular complexity index is 835. The number of hydrogen-bond acceptors (Lipinski definition) is 4. The molecule has 1 saturated carbocycles. The summed E-state index contributed by atoms with van der Waals surface area (Å²) in [5.41, 5.74) is 3.10. The van der Waals surface area contributed by atoms with Gasteiger partial charge in [0, 0.05) is 23.1 Å². The zero-order chi connectivity index (χ0) is 19.6. The van der Waals surface area contributed by atoms with Gasteiger partial charge in [-0.3, -0.25) is 4.79 Å². The van der Waals surface area contributed by atoms with Crippen LogP contribution in [0, 0.1) is 13.8 Å². The van der Waals surface area contributed by atoms with Crippen molar-refractivity contribution in [2.24, 2.45) is 0 Å². The van der Waals surface area contributed by atoms with Crippen LogP contribution in [0.5, 0.6) is 5.75 Å². The Labute approximate surface area is 159 Å². The third-order valence-corrected chi connectivity index (χ3v) is 4.70. The molecule has 6 heteroatoms. The summed E-state index contributed by atoms with van der Waals surface area (Å²) in [5.74, 6) is -0.103. The number of aromatic nitrogens is 1. The predicted octanol–water partition coefficient (Wildman–Crippen LogP) is 4.02. The van der Waals surface area contributed by atoms with Gasteiger partial charge in [0.1, 0.15) is 5.75 Å². The summed E-state index contributed by atoms with van der Waals surface area (Å²) in [5, 5.41) is 2.75. The molecule has 1 fully saturated rings. The fourth-order valence-electron chi connectivity index (χ4n) is 3.20. The molecule has 1 amide bonds. The SMILES string of the molecule is CCOc1ccc(NC(=O)C(C)OC(=O)c2cc(C)n(C3CC3)c2C)cc1. The van der Waals surface area contributed by atoms with Crippen LogP contribution in [0.2, 0.25) is 0 Å². The standard InChI is InChI=1S/C21H26N2O4/c1-5-26-18-10-6-16(7-11-18)22-20(24)15(4)27-21(25)19-12-13(2)23(14(19)3)17-8-9-17/h6-7,10-12,15,17H,5,8-9H2,1-4H3,(H,22,24). The molecule has 1 N–H and O–H groups in total. The Kier molecular flexibility index (Phi) is 5.54. The second kappa shape index (κ2) is 7.86. The average molecular weight is 370 g/mol. The number of carbonyl (C=O) groups excluding carboxylic acids is 2. The largest absolute Gasteiger partial charge is 0.494 e. The molecule has 27 heavy (non-hydrogen) atoms. The Morgan fingerprint density at radius 3 is 2.48 bits per heavy atom. The number of ether oxygens (including phenoxy) is 2. The number of benzene rings is 1. The molecule has 1 aromatic heterocycles. The lowest BCUT2D eigenvalue weighted by Crippen LogP contribution is -2.30. The second-order valence-electron chi connectivity index (χ2n) is 6.88. The smallest absolute Gasteiger partial charge is 0.340 e. The van der Waals surface area contributed by atoms with Gasteiger partial charge < -0.3 is 19.4 Å². The van der Waals surface area contributed by atoms with Crippen LogP contribution in [0.25, 0.3) is 0 Å². The number of rotatable bonds is 7. The summed E-state index contributed by atoms with van der Waals surface area (Å²) >= 11 is 0. The maximum absolute atomic E-state index is 12.5. The molecule has 2 aromatic rings. The van der Waals surface area contributed by atoms with Crippen molar-refractivity contribution >= 4 is 17.6 Å². The lowest BCUT2D eigenvalue weighted by molar-refractivity contribution is -0.123. The molecular weight excluding hydrogens is 344 g/mol. The van der Waals surface area contributed by atoms with Gasteiger partial charge >= 0.3 is 5.97 Å². The highest BCUT2D eigenvalue weighted by Gasteiger charge is 2.29. The molecule has 0 radical (unpaired) electrons. The van der Waals surface area contributed by atoms with E-state index in [0.29, 0.717) is 23.9 Å². The minimum Gasteiger partial charge on any atom is -0.494 e. The van der Waals surface area contributed by atoms with Crippen molar-refractivity contribution in [3.8, 4) is 5.75 Å². The molecule has 0 spiro atoms. The number of nitrogens with one attached hydrogen (secondary N) is 1. The summed E-state index contributed by atoms with van der Waals surface area (Å²) in [6.45, 7) is 7.98. The molecule has 1 aliphatic carbocycles. The first-order valence-corrected chi connectivity index (χ1v) is 9.33. The van der Waals surface area contributed by atoms with Crippen LogP contribution in [-0.4, -0.2) is 29.2 Å². The van der Waals surface area contributed by atoms with E-state index >= 15 is 0 Å². The van der Waals surface area contributed by atoms with Crippen LogP contribution >= 0.6 is 0 Å². The van der Waals surface area contributed by atoms with E-state index in [1.165, 1.54) is 0 Å². The van der Waals surface area contributed by atoms with Crippen LogP contribution in [0.15, 0.2) is 30.3 Å². The lowest BCUT2D eigenvalue weighted by Gasteiger charge is -2.14. The molecule has 3 rings (SSSR count). The number of esters is 1. The number of anilines is 1. The van der Waals surface area contributed by atoms with Crippen molar-refractivity contribution in [3.05, 3.63) is 47.3 Å². The van der Waals surface area contributed by atoms with Crippen LogP contribution in [0.1, 0.15) is 54.5 Å². The molecule has 0 bridgehead atoms. The number of carbonyl (C=O) groups is 2. The van der Waals surface area contributed by atoms with Gasteiger partial charge in [-0.15, -0.1) is 0 Å². The van der Waals surface area contributed by atoms with Gasteiger partial charge in [0.05, 0.1) is 12.2 Å². The maximum atomic E-state index is 12.5. The van der Waals surface area contributed by atoms with Crippen molar-refractivity contribution in [2.75, 3.05) is 11.9 Å². The summed E-state index contributed by atoms with van der Waals surface area (Å²) in [7, 11) is 0. The van der Waals surface area contributed by atoms with Crippen molar-refractivity contribution < 1.29 is 19.1 Å². The Hall–Kier alpha value is -2.76. The summed E-state index contributed by atoms with van der Waals surface area (Å²) < 4.78 is 12.9. The molecule has 0 aliphatic heterocycles. The predicted molar refractivity (Wildman–Crippen MR) is 103 cm³/mol. The first-order chi connectivity index (χ1) is 12.9. The lowest BCUT2D eigenvalue weighted by atomic mass is 10.2. The van der Waals surface area contributed by atoms with E-state index in [0.717, 1.165) is 30.0 Å². The maximum Gasteiger partial charge on any atom is 0.340 e. The average Bonchev–Trinajstić information content (AvgIpc) is 3.41. The second-order valence-corrected chi connectivity index (χ2v) is 6.88. The summed E-state index contributed by atoms with van der Waals surface area (Å²) in [6.07, 6.45) is 1.39. The van der Waals surface area contributed by atoms with Gasteiger partial charge in [0.25, 0.3) is 5.91 Å². The van der Waals surface area contributed by atoms with Gasteiger partial charge in [-0.25, -0.2) is 4.79 Å². The topological polar surface area (TPSA) is 69.6 Å². The molecular formula is C21H26N2O4. The van der Waals surface area contributed by atoms with Gasteiger partial charge in [-0.05, 0) is 70.9 Å². The molecule has 1 unspecified atom stereocenters. The number of nitrogens with zero attached hydrogens (tertiary/aromatic N) is 1. The third-order valence-electron chi connectivity index (χ3n) is 4.70. The van der Waals surface area contributed by atoms with Crippen LogP contribution in [0.3, 0.4) is 0 Å². The van der Waals surface area contributed by atoms with E-state index in [1.807, 2.05) is 26.8 Å². The van der Waals surface area contributed by atoms with Gasteiger partial charge in [-0.2, -0.15) is 0 Å². The molecule has 0 saturated heterocycles. The monoisotopic (exact) mass is 370 g/mol. The Morgan fingerprint density at radius 1 is 1.22 bits per heavy atom. The minimum atomic E-state index is -0.895. The highest BCUT2D eigenvalue weighted by atomic mass is 16.5. The Balaban J connectivity index is 1.60. The molecule has 1 atom stereocenters. The van der Waals surface area contributed by atoms with Crippen molar-refractivity contribution in [2.45, 2.75) is 52.7 Å². The summed E-state index contributed by atoms with van der Waals surface area (Å²) in [4.78, 5) is 24.9. The van der Waals surface area contributed by atoms with Gasteiger partial charge in [-0.1, -0.05) is 0 Å². The number of hydrogen-bond donors (Lipinski definition) is 1. The van der Waals surface area contributed by atoms with E-state index < -0.39 is 12.1 Å². The molecule has 1 aliphatic rings. The fraction of sp³-hybridized carbons (Fsp3) is 0.429. The summed E-state index contributed by atoms with van der Waals surface area (Å²) in [6, 6.07) is 9.39. The zero-order valence-corrected chi connectivity index (χ0v) is 16.2. The van der Waals surface area contributed by atoms with Crippen molar-refractivity contribution in [1.82, 2.24) is 4.57 Å². The van der Waals surface area contributed by atoms with E-state index in [2.05, 4.69) is 9.88 Å². The molecule has 144 valence electrons. The minimum absolute atomic E-state index is 0.372. The van der Waals surface area contributed by atoms with Crippen molar-refractivity contribution in [3.63, 3.8) is 0 Å². The van der Waals surface area contributed by atoms with Gasteiger partial charge in [0.15, 0.2) is 6.10 Å². The number of amides is 1. The van der Waals surface area contributed by atoms with Crippen LogP contribution in [-0.2, 0) is 9.53 Å². The molecule has 1 heterocycles. The first-order valence-electron chi connectivity index (χ1n) is 9.33. The van der Waals surface area contributed by atoms with Crippen LogP contribution < -0.4 is 10.1 Å². The van der Waals surface area contributed by atoms with E-state index in [1.54, 1.807) is 31.2 Å². The van der Waals surface area contributed by atoms with E-state index in [4.69, 9.17) is 9.47 Å². The normalized spacial score (nSPS) is 14.5. The molecule has 6 nitrogen and oxygen atoms in total. The Morgan fingerprint density at radius 2 is 1.89 bits per heavy atom. The first kappa shape index (κ1) is 19.0. The third kappa shape index (κ3) is 4.32. The highest BCUT2D eigenvalue weighted by Crippen LogP contribution is 2.38. The van der Waals surface area contributed by atoms with Crippen molar-refractivity contribution in [1.29, 1.82) is 0 Å². The number of aryl methyl sites for hydroxylation is 1. The van der Waals surface area contributed by atoms with Crippen LogP contribution in [0.4, 0.5) is 5.69 Å². The van der Waals surface area contributed by atoms with E-state index in [-0.39, 0.29) is 5.91 Å². The quantitative estimate of drug-likeness (QED) is 0.747. The molecule has 1 aromatic carbocycles. The highest BCUT2D eigenvalue weighted by molar-refractivity contribution is 5.97.